The lowest BCUT2D eigenvalue weighted by atomic mass is 9.98. The number of nitrogens with one attached hydrogen (secondary N) is 1. The van der Waals surface area contributed by atoms with Crippen molar-refractivity contribution in [1.82, 2.24) is 14.8 Å². The van der Waals surface area contributed by atoms with Gasteiger partial charge in [0.25, 0.3) is 5.82 Å². The highest BCUT2D eigenvalue weighted by molar-refractivity contribution is 5.65. The maximum Gasteiger partial charge on any atom is 0.453 e. The molecule has 24 heavy (non-hydrogen) atoms. The van der Waals surface area contributed by atoms with Crippen molar-refractivity contribution in [3.8, 4) is 11.8 Å². The van der Waals surface area contributed by atoms with E-state index in [0.717, 1.165) is 4.68 Å². The summed E-state index contributed by atoms with van der Waals surface area (Å²) in [4.78, 5) is 3.42. The lowest BCUT2D eigenvalue weighted by Gasteiger charge is -2.25. The highest BCUT2D eigenvalue weighted by atomic mass is 19.4. The van der Waals surface area contributed by atoms with Gasteiger partial charge in [0.1, 0.15) is 17.6 Å². The van der Waals surface area contributed by atoms with Crippen LogP contribution in [0.2, 0.25) is 0 Å². The van der Waals surface area contributed by atoms with Gasteiger partial charge in [-0.1, -0.05) is 12.1 Å². The van der Waals surface area contributed by atoms with Crippen molar-refractivity contribution in [2.24, 2.45) is 5.73 Å². The number of ether oxygens (including phenoxy) is 1. The van der Waals surface area contributed by atoms with E-state index in [9.17, 15) is 18.4 Å². The van der Waals surface area contributed by atoms with Crippen LogP contribution in [0.15, 0.2) is 29.8 Å². The number of nitrogens with zero attached hydrogens (tertiary/aromatic N) is 4. The molecule has 1 aromatic heterocycles. The molecule has 0 saturated carbocycles. The van der Waals surface area contributed by atoms with E-state index in [4.69, 9.17) is 10.5 Å². The molecule has 0 aliphatic carbocycles. The summed E-state index contributed by atoms with van der Waals surface area (Å²) in [7, 11) is 1.51. The van der Waals surface area contributed by atoms with Gasteiger partial charge in [-0.2, -0.15) is 28.1 Å². The largest absolute Gasteiger partial charge is 0.497 e. The first-order chi connectivity index (χ1) is 11.3. The van der Waals surface area contributed by atoms with Gasteiger partial charge in [-0.15, -0.1) is 5.10 Å². The molecule has 0 unspecified atom stereocenters. The van der Waals surface area contributed by atoms with Gasteiger partial charge in [-0.3, -0.25) is 0 Å². The molecule has 0 amide bonds. The zero-order valence-corrected chi connectivity index (χ0v) is 12.3. The molecule has 0 radical (unpaired) electrons. The fraction of sp³-hybridized carbons (Fsp3) is 0.214. The Bertz CT molecular complexity index is 847. The number of alkyl halides is 3. The summed E-state index contributed by atoms with van der Waals surface area (Å²) in [5.41, 5.74) is 6.50. The molecule has 1 aromatic carbocycles. The predicted molar refractivity (Wildman–Crippen MR) is 77.4 cm³/mol. The summed E-state index contributed by atoms with van der Waals surface area (Å²) in [6.07, 6.45) is -4.71. The van der Waals surface area contributed by atoms with E-state index in [0.29, 0.717) is 11.3 Å². The van der Waals surface area contributed by atoms with Crippen LogP contribution in [0.4, 0.5) is 19.1 Å². The fourth-order valence-corrected chi connectivity index (χ4v) is 2.33. The number of rotatable bonds is 2. The van der Waals surface area contributed by atoms with E-state index in [1.54, 1.807) is 24.3 Å². The Morgan fingerprint density at radius 2 is 2.00 bits per heavy atom. The number of benzene rings is 1. The first-order valence-electron chi connectivity index (χ1n) is 6.70. The van der Waals surface area contributed by atoms with Crippen LogP contribution in [-0.2, 0) is 6.18 Å². The maximum absolute atomic E-state index is 12.8. The van der Waals surface area contributed by atoms with Crippen LogP contribution in [-0.4, -0.2) is 21.9 Å². The normalized spacial score (nSPS) is 17.0. The molecule has 7 nitrogen and oxygen atoms in total. The molecule has 1 aliphatic heterocycles. The maximum atomic E-state index is 12.8. The summed E-state index contributed by atoms with van der Waals surface area (Å²) in [5.74, 6) is -1.11. The minimum atomic E-state index is -4.71. The van der Waals surface area contributed by atoms with E-state index in [1.807, 2.05) is 6.07 Å². The number of anilines is 1. The SMILES string of the molecule is COc1ccc([C@H]2Nc3nc(C(F)(F)F)nn3C(N)=C2C#N)cc1. The minimum absolute atomic E-state index is 0.0475. The molecule has 3 rings (SSSR count). The lowest BCUT2D eigenvalue weighted by Crippen LogP contribution is -2.27. The highest BCUT2D eigenvalue weighted by Crippen LogP contribution is 2.35. The first-order valence-corrected chi connectivity index (χ1v) is 6.70. The topological polar surface area (TPSA) is 102 Å². The molecule has 2 aromatic rings. The van der Waals surface area contributed by atoms with Crippen molar-refractivity contribution in [3.05, 3.63) is 41.2 Å². The molecule has 0 fully saturated rings. The van der Waals surface area contributed by atoms with Crippen molar-refractivity contribution in [2.75, 3.05) is 12.4 Å². The molecule has 2 heterocycles. The van der Waals surface area contributed by atoms with Crippen molar-refractivity contribution >= 4 is 11.8 Å². The second-order valence-corrected chi connectivity index (χ2v) is 4.93. The van der Waals surface area contributed by atoms with E-state index in [1.165, 1.54) is 7.11 Å². The van der Waals surface area contributed by atoms with Crippen molar-refractivity contribution in [1.29, 1.82) is 5.26 Å². The van der Waals surface area contributed by atoms with E-state index < -0.39 is 18.0 Å². The molecule has 3 N–H and O–H groups in total. The van der Waals surface area contributed by atoms with Crippen molar-refractivity contribution < 1.29 is 17.9 Å². The number of hydrogen-bond acceptors (Lipinski definition) is 6. The average molecular weight is 336 g/mol. The first kappa shape index (κ1) is 15.7. The summed E-state index contributed by atoms with van der Waals surface area (Å²) in [6.45, 7) is 0. The quantitative estimate of drug-likeness (QED) is 0.871. The lowest BCUT2D eigenvalue weighted by molar-refractivity contribution is -0.144. The Kier molecular flexibility index (Phi) is 3.56. The van der Waals surface area contributed by atoms with Gasteiger partial charge in [0.05, 0.1) is 18.7 Å². The molecular formula is C14H11F3N6O. The Hall–Kier alpha value is -3.22. The van der Waals surface area contributed by atoms with Crippen LogP contribution in [0.25, 0.3) is 5.82 Å². The number of nitriles is 1. The van der Waals surface area contributed by atoms with Crippen LogP contribution in [0.1, 0.15) is 17.4 Å². The molecule has 1 aliphatic rings. The Labute approximate surface area is 134 Å². The van der Waals surface area contributed by atoms with E-state index in [-0.39, 0.29) is 17.3 Å². The Balaban J connectivity index is 2.06. The van der Waals surface area contributed by atoms with Crippen LogP contribution >= 0.6 is 0 Å². The van der Waals surface area contributed by atoms with Crippen LogP contribution in [0, 0.1) is 11.3 Å². The third-order valence-corrected chi connectivity index (χ3v) is 3.50. The van der Waals surface area contributed by atoms with Crippen molar-refractivity contribution in [3.63, 3.8) is 0 Å². The van der Waals surface area contributed by atoms with Crippen LogP contribution in [0.3, 0.4) is 0 Å². The molecule has 0 bridgehead atoms. The Morgan fingerprint density at radius 1 is 1.33 bits per heavy atom. The van der Waals surface area contributed by atoms with E-state index >= 15 is 0 Å². The zero-order valence-electron chi connectivity index (χ0n) is 12.3. The number of nitrogens with two attached hydrogens (primary N) is 1. The number of fused-ring (bicyclic) bond motifs is 1. The van der Waals surface area contributed by atoms with Gasteiger partial charge >= 0.3 is 6.18 Å². The number of hydrogen-bond donors (Lipinski definition) is 2. The van der Waals surface area contributed by atoms with Gasteiger partial charge in [-0.25, -0.2) is 0 Å². The summed E-state index contributed by atoms with van der Waals surface area (Å²) in [5, 5.41) is 15.4. The smallest absolute Gasteiger partial charge is 0.453 e. The van der Waals surface area contributed by atoms with Gasteiger partial charge in [0.2, 0.25) is 5.95 Å². The van der Waals surface area contributed by atoms with Gasteiger partial charge in [0.15, 0.2) is 0 Å². The van der Waals surface area contributed by atoms with Crippen LogP contribution < -0.4 is 15.8 Å². The molecule has 10 heteroatoms. The third-order valence-electron chi connectivity index (χ3n) is 3.50. The second-order valence-electron chi connectivity index (χ2n) is 4.93. The third kappa shape index (κ3) is 2.50. The number of aromatic nitrogens is 3. The summed E-state index contributed by atoms with van der Waals surface area (Å²) >= 11 is 0. The Morgan fingerprint density at radius 3 is 2.54 bits per heavy atom. The molecular weight excluding hydrogens is 325 g/mol. The summed E-state index contributed by atoms with van der Waals surface area (Å²) in [6, 6.07) is 7.87. The second kappa shape index (κ2) is 5.45. The zero-order chi connectivity index (χ0) is 17.5. The number of halogens is 3. The minimum Gasteiger partial charge on any atom is -0.497 e. The van der Waals surface area contributed by atoms with Crippen LogP contribution in [0.5, 0.6) is 5.75 Å². The fourth-order valence-electron chi connectivity index (χ4n) is 2.33. The number of methoxy groups -OCH3 is 1. The summed E-state index contributed by atoms with van der Waals surface area (Å²) < 4.78 is 44.2. The molecule has 0 spiro atoms. The monoisotopic (exact) mass is 336 g/mol. The molecule has 0 saturated heterocycles. The standard InChI is InChI=1S/C14H11F3N6O/c1-24-8-4-2-7(3-5-8)10-9(6-18)11(19)23-13(20-10)21-12(22-23)14(15,16)17/h2-5,10H,19H2,1H3,(H,20,21,22)/t10-/m1/s1. The average Bonchev–Trinajstić information content (AvgIpc) is 2.99. The van der Waals surface area contributed by atoms with E-state index in [2.05, 4.69) is 15.4 Å². The van der Waals surface area contributed by atoms with Gasteiger partial charge in [0, 0.05) is 0 Å². The molecule has 1 atom stereocenters. The molecule has 124 valence electrons. The van der Waals surface area contributed by atoms with Crippen molar-refractivity contribution in [2.45, 2.75) is 12.2 Å². The van der Waals surface area contributed by atoms with Gasteiger partial charge in [-0.05, 0) is 17.7 Å². The highest BCUT2D eigenvalue weighted by Gasteiger charge is 2.39. The predicted octanol–water partition coefficient (Wildman–Crippen LogP) is 2.12. The van der Waals surface area contributed by atoms with Gasteiger partial charge < -0.3 is 15.8 Å².